The fourth-order valence-corrected chi connectivity index (χ4v) is 3.50. The SMILES string of the molecule is CCOP(=O)(Cc1ccc(C(C)C(=O)O)cc1)OCC. The quantitative estimate of drug-likeness (QED) is 0.742. The minimum Gasteiger partial charge on any atom is -0.481 e. The van der Waals surface area contributed by atoms with Crippen molar-refractivity contribution in [2.24, 2.45) is 0 Å². The molecule has 0 spiro atoms. The Bertz CT molecular complexity index is 473. The van der Waals surface area contributed by atoms with Crippen LogP contribution in [0.1, 0.15) is 37.8 Å². The van der Waals surface area contributed by atoms with Crippen LogP contribution in [0, 0.1) is 0 Å². The molecule has 0 saturated carbocycles. The van der Waals surface area contributed by atoms with Gasteiger partial charge in [-0.1, -0.05) is 24.3 Å². The average molecular weight is 300 g/mol. The van der Waals surface area contributed by atoms with Crippen molar-refractivity contribution in [2.75, 3.05) is 13.2 Å². The molecule has 0 fully saturated rings. The van der Waals surface area contributed by atoms with Crippen LogP contribution in [-0.4, -0.2) is 24.3 Å². The normalized spacial score (nSPS) is 13.2. The Morgan fingerprint density at radius 1 is 1.20 bits per heavy atom. The number of carboxylic acid groups (broad SMARTS) is 1. The van der Waals surface area contributed by atoms with E-state index in [0.717, 1.165) is 5.56 Å². The lowest BCUT2D eigenvalue weighted by atomic mass is 10.0. The topological polar surface area (TPSA) is 72.8 Å². The van der Waals surface area contributed by atoms with Gasteiger partial charge in [-0.3, -0.25) is 9.36 Å². The highest BCUT2D eigenvalue weighted by atomic mass is 31.2. The molecule has 0 aliphatic heterocycles. The van der Waals surface area contributed by atoms with Gasteiger partial charge in [0.15, 0.2) is 0 Å². The van der Waals surface area contributed by atoms with Gasteiger partial charge in [0.1, 0.15) is 0 Å². The maximum absolute atomic E-state index is 12.4. The largest absolute Gasteiger partial charge is 0.481 e. The first-order valence-electron chi connectivity index (χ1n) is 6.61. The van der Waals surface area contributed by atoms with Crippen molar-refractivity contribution < 1.29 is 23.5 Å². The molecule has 0 aromatic heterocycles. The van der Waals surface area contributed by atoms with Crippen molar-refractivity contribution >= 4 is 13.6 Å². The summed E-state index contributed by atoms with van der Waals surface area (Å²) in [5.41, 5.74) is 1.51. The first-order valence-corrected chi connectivity index (χ1v) is 8.34. The molecule has 0 saturated heterocycles. The van der Waals surface area contributed by atoms with Gasteiger partial charge in [-0.2, -0.15) is 0 Å². The molecule has 1 aromatic rings. The van der Waals surface area contributed by atoms with Gasteiger partial charge in [0.05, 0.1) is 25.3 Å². The van der Waals surface area contributed by atoms with E-state index in [9.17, 15) is 9.36 Å². The second kappa shape index (κ2) is 7.58. The monoisotopic (exact) mass is 300 g/mol. The molecule has 112 valence electrons. The third-order valence-corrected chi connectivity index (χ3v) is 4.93. The molecule has 0 amide bonds. The summed E-state index contributed by atoms with van der Waals surface area (Å²) in [4.78, 5) is 10.9. The van der Waals surface area contributed by atoms with Gasteiger partial charge >= 0.3 is 13.6 Å². The maximum atomic E-state index is 12.4. The number of benzene rings is 1. The van der Waals surface area contributed by atoms with E-state index in [4.69, 9.17) is 14.2 Å². The lowest BCUT2D eigenvalue weighted by Gasteiger charge is -2.17. The third kappa shape index (κ3) is 4.75. The molecular formula is C14H21O5P. The Balaban J connectivity index is 2.83. The number of hydrogen-bond donors (Lipinski definition) is 1. The highest BCUT2D eigenvalue weighted by molar-refractivity contribution is 7.53. The van der Waals surface area contributed by atoms with E-state index in [1.807, 2.05) is 0 Å². The molecule has 0 aliphatic carbocycles. The molecule has 20 heavy (non-hydrogen) atoms. The fraction of sp³-hybridized carbons (Fsp3) is 0.500. The van der Waals surface area contributed by atoms with E-state index >= 15 is 0 Å². The lowest BCUT2D eigenvalue weighted by molar-refractivity contribution is -0.138. The van der Waals surface area contributed by atoms with Crippen LogP contribution in [0.3, 0.4) is 0 Å². The average Bonchev–Trinajstić information content (AvgIpc) is 2.39. The van der Waals surface area contributed by atoms with Crippen LogP contribution in [0.4, 0.5) is 0 Å². The summed E-state index contributed by atoms with van der Waals surface area (Å²) < 4.78 is 22.8. The number of carbonyl (C=O) groups is 1. The van der Waals surface area contributed by atoms with Crippen LogP contribution in [-0.2, 0) is 24.6 Å². The van der Waals surface area contributed by atoms with Gasteiger partial charge in [-0.05, 0) is 31.9 Å². The molecular weight excluding hydrogens is 279 g/mol. The molecule has 0 aliphatic rings. The Hall–Kier alpha value is -1.16. The van der Waals surface area contributed by atoms with Crippen LogP contribution in [0.25, 0.3) is 0 Å². The van der Waals surface area contributed by atoms with Crippen molar-refractivity contribution in [3.05, 3.63) is 35.4 Å². The number of aliphatic carboxylic acids is 1. The molecule has 6 heteroatoms. The highest BCUT2D eigenvalue weighted by Crippen LogP contribution is 2.51. The van der Waals surface area contributed by atoms with Crippen molar-refractivity contribution in [2.45, 2.75) is 32.9 Å². The van der Waals surface area contributed by atoms with E-state index in [-0.39, 0.29) is 6.16 Å². The van der Waals surface area contributed by atoms with Crippen molar-refractivity contribution in [1.29, 1.82) is 0 Å². The molecule has 0 bridgehead atoms. The van der Waals surface area contributed by atoms with Crippen LogP contribution >= 0.6 is 7.60 Å². The fourth-order valence-electron chi connectivity index (χ4n) is 1.80. The Morgan fingerprint density at radius 2 is 1.70 bits per heavy atom. The zero-order chi connectivity index (χ0) is 15.2. The minimum absolute atomic E-state index is 0.191. The predicted octanol–water partition coefficient (Wildman–Crippen LogP) is 3.64. The second-order valence-corrected chi connectivity index (χ2v) is 6.46. The number of carboxylic acids is 1. The summed E-state index contributed by atoms with van der Waals surface area (Å²) in [6, 6.07) is 6.99. The van der Waals surface area contributed by atoms with Crippen LogP contribution in [0.5, 0.6) is 0 Å². The molecule has 1 N–H and O–H groups in total. The van der Waals surface area contributed by atoms with Crippen molar-refractivity contribution in [3.63, 3.8) is 0 Å². The summed E-state index contributed by atoms with van der Waals surface area (Å²) in [5, 5.41) is 8.95. The number of hydrogen-bond acceptors (Lipinski definition) is 4. The van der Waals surface area contributed by atoms with Crippen molar-refractivity contribution in [1.82, 2.24) is 0 Å². The van der Waals surface area contributed by atoms with Crippen molar-refractivity contribution in [3.8, 4) is 0 Å². The summed E-state index contributed by atoms with van der Waals surface area (Å²) in [5.74, 6) is -1.43. The van der Waals surface area contributed by atoms with Gasteiger partial charge in [0.2, 0.25) is 0 Å². The molecule has 1 atom stereocenters. The van der Waals surface area contributed by atoms with Gasteiger partial charge in [-0.25, -0.2) is 0 Å². The first kappa shape index (κ1) is 16.9. The maximum Gasteiger partial charge on any atom is 0.335 e. The van der Waals surface area contributed by atoms with E-state index in [1.165, 1.54) is 0 Å². The Morgan fingerprint density at radius 3 is 2.10 bits per heavy atom. The Labute approximate surface area is 119 Å². The van der Waals surface area contributed by atoms with E-state index in [1.54, 1.807) is 45.0 Å². The van der Waals surface area contributed by atoms with Gasteiger partial charge in [0, 0.05) is 0 Å². The molecule has 0 radical (unpaired) electrons. The second-order valence-electron chi connectivity index (χ2n) is 4.41. The smallest absolute Gasteiger partial charge is 0.335 e. The molecule has 1 unspecified atom stereocenters. The van der Waals surface area contributed by atoms with Gasteiger partial charge < -0.3 is 14.2 Å². The van der Waals surface area contributed by atoms with E-state index in [2.05, 4.69) is 0 Å². The third-order valence-electron chi connectivity index (χ3n) is 2.88. The zero-order valence-corrected chi connectivity index (χ0v) is 12.9. The summed E-state index contributed by atoms with van der Waals surface area (Å²) in [6.07, 6.45) is 0.191. The number of rotatable bonds is 8. The molecule has 1 aromatic carbocycles. The van der Waals surface area contributed by atoms with Crippen LogP contribution < -0.4 is 0 Å². The summed E-state index contributed by atoms with van der Waals surface area (Å²) in [6.45, 7) is 5.81. The zero-order valence-electron chi connectivity index (χ0n) is 12.0. The van der Waals surface area contributed by atoms with Gasteiger partial charge in [0.25, 0.3) is 0 Å². The molecule has 0 heterocycles. The molecule has 1 rings (SSSR count). The van der Waals surface area contributed by atoms with E-state index < -0.39 is 19.5 Å². The van der Waals surface area contributed by atoms with Crippen LogP contribution in [0.2, 0.25) is 0 Å². The predicted molar refractivity (Wildman–Crippen MR) is 77.1 cm³/mol. The lowest BCUT2D eigenvalue weighted by Crippen LogP contribution is -2.07. The summed E-state index contributed by atoms with van der Waals surface area (Å²) >= 11 is 0. The van der Waals surface area contributed by atoms with Crippen LogP contribution in [0.15, 0.2) is 24.3 Å². The Kier molecular flexibility index (Phi) is 6.40. The van der Waals surface area contributed by atoms with E-state index in [0.29, 0.717) is 18.8 Å². The minimum atomic E-state index is -3.12. The summed E-state index contributed by atoms with van der Waals surface area (Å²) in [7, 11) is -3.12. The van der Waals surface area contributed by atoms with Gasteiger partial charge in [-0.15, -0.1) is 0 Å². The standard InChI is InChI=1S/C14H21O5P/c1-4-18-20(17,19-5-2)10-12-6-8-13(9-7-12)11(3)14(15)16/h6-9,11H,4-5,10H2,1-3H3,(H,15,16). The first-order chi connectivity index (χ1) is 9.41. The highest BCUT2D eigenvalue weighted by Gasteiger charge is 2.24. The molecule has 5 nitrogen and oxygen atoms in total.